The third-order valence-corrected chi connectivity index (χ3v) is 4.45. The summed E-state index contributed by atoms with van der Waals surface area (Å²) >= 11 is 0. The summed E-state index contributed by atoms with van der Waals surface area (Å²) in [7, 11) is 2.79. The zero-order valence-corrected chi connectivity index (χ0v) is 13.7. The maximum absolute atomic E-state index is 14.9. The van der Waals surface area contributed by atoms with Crippen LogP contribution in [0.1, 0.15) is 18.4 Å². The Hall–Kier alpha value is -1.67. The van der Waals surface area contributed by atoms with Gasteiger partial charge in [-0.1, -0.05) is 0 Å². The van der Waals surface area contributed by atoms with Gasteiger partial charge in [-0.15, -0.1) is 0 Å². The molecule has 2 atom stereocenters. The SMILES string of the molecule is COC[C@@H]1C[C@@H]2CNCCN2c2c(F)c(OC)cc(C(F)F)c2O1. The molecule has 2 aliphatic heterocycles. The number of anilines is 1. The van der Waals surface area contributed by atoms with Crippen molar-refractivity contribution in [2.24, 2.45) is 0 Å². The summed E-state index contributed by atoms with van der Waals surface area (Å²) in [4.78, 5) is 1.81. The number of nitrogens with one attached hydrogen (secondary N) is 1. The summed E-state index contributed by atoms with van der Waals surface area (Å²) < 4.78 is 57.9. The first-order chi connectivity index (χ1) is 11.6. The number of piperazine rings is 1. The monoisotopic (exact) mass is 346 g/mol. The normalized spacial score (nSPS) is 23.3. The molecule has 1 N–H and O–H groups in total. The first-order valence-corrected chi connectivity index (χ1v) is 7.88. The molecule has 0 saturated carbocycles. The Kier molecular flexibility index (Phi) is 5.05. The van der Waals surface area contributed by atoms with E-state index < -0.39 is 18.3 Å². The Labute approximate surface area is 138 Å². The molecule has 0 amide bonds. The first-order valence-electron chi connectivity index (χ1n) is 7.88. The summed E-state index contributed by atoms with van der Waals surface area (Å²) in [6, 6.07) is 0.956. The molecule has 1 aromatic rings. The number of alkyl halides is 2. The molecular weight excluding hydrogens is 325 g/mol. The molecule has 24 heavy (non-hydrogen) atoms. The Morgan fingerprint density at radius 2 is 2.21 bits per heavy atom. The molecule has 134 valence electrons. The smallest absolute Gasteiger partial charge is 0.267 e. The van der Waals surface area contributed by atoms with Crippen molar-refractivity contribution in [1.29, 1.82) is 0 Å². The molecule has 1 fully saturated rings. The van der Waals surface area contributed by atoms with E-state index in [2.05, 4.69) is 5.32 Å². The summed E-state index contributed by atoms with van der Waals surface area (Å²) in [5.41, 5.74) is -0.293. The fraction of sp³-hybridized carbons (Fsp3) is 0.625. The van der Waals surface area contributed by atoms with Crippen LogP contribution in [-0.4, -0.2) is 52.6 Å². The van der Waals surface area contributed by atoms with Gasteiger partial charge in [0, 0.05) is 39.2 Å². The van der Waals surface area contributed by atoms with Crippen molar-refractivity contribution in [2.45, 2.75) is 25.0 Å². The van der Waals surface area contributed by atoms with Gasteiger partial charge in [-0.25, -0.2) is 13.2 Å². The number of methoxy groups -OCH3 is 2. The number of ether oxygens (including phenoxy) is 3. The minimum Gasteiger partial charge on any atom is -0.494 e. The zero-order chi connectivity index (χ0) is 17.3. The molecular formula is C16H21F3N2O3. The Morgan fingerprint density at radius 3 is 2.88 bits per heavy atom. The van der Waals surface area contributed by atoms with Crippen LogP contribution in [0.25, 0.3) is 0 Å². The van der Waals surface area contributed by atoms with E-state index in [1.165, 1.54) is 14.2 Å². The van der Waals surface area contributed by atoms with Crippen molar-refractivity contribution in [3.63, 3.8) is 0 Å². The summed E-state index contributed by atoms with van der Waals surface area (Å²) in [5.74, 6) is -0.966. The van der Waals surface area contributed by atoms with Gasteiger partial charge in [-0.3, -0.25) is 0 Å². The fourth-order valence-corrected chi connectivity index (χ4v) is 3.39. The lowest BCUT2D eigenvalue weighted by atomic mass is 10.0. The Bertz CT molecular complexity index is 600. The number of hydrogen-bond donors (Lipinski definition) is 1. The summed E-state index contributed by atoms with van der Waals surface area (Å²) in [5, 5.41) is 3.25. The molecule has 5 nitrogen and oxygen atoms in total. The van der Waals surface area contributed by atoms with E-state index in [1.54, 1.807) is 0 Å². The Morgan fingerprint density at radius 1 is 1.42 bits per heavy atom. The zero-order valence-electron chi connectivity index (χ0n) is 13.7. The van der Waals surface area contributed by atoms with Crippen LogP contribution in [0, 0.1) is 5.82 Å². The molecule has 3 rings (SSSR count). The van der Waals surface area contributed by atoms with E-state index in [0.29, 0.717) is 26.1 Å². The highest BCUT2D eigenvalue weighted by atomic mass is 19.3. The molecule has 0 aliphatic carbocycles. The topological polar surface area (TPSA) is 43.0 Å². The number of nitrogens with zero attached hydrogens (tertiary/aromatic N) is 1. The van der Waals surface area contributed by atoms with E-state index in [-0.39, 0.29) is 35.4 Å². The predicted octanol–water partition coefficient (Wildman–Crippen LogP) is 2.35. The van der Waals surface area contributed by atoms with E-state index >= 15 is 0 Å². The molecule has 8 heteroatoms. The van der Waals surface area contributed by atoms with Gasteiger partial charge in [0.1, 0.15) is 11.8 Å². The average molecular weight is 346 g/mol. The van der Waals surface area contributed by atoms with Crippen LogP contribution >= 0.6 is 0 Å². The summed E-state index contributed by atoms with van der Waals surface area (Å²) in [6.45, 7) is 2.03. The van der Waals surface area contributed by atoms with Gasteiger partial charge in [0.15, 0.2) is 17.3 Å². The van der Waals surface area contributed by atoms with Gasteiger partial charge in [0.05, 0.1) is 19.3 Å². The molecule has 0 spiro atoms. The molecule has 1 aromatic carbocycles. The Balaban J connectivity index is 2.17. The maximum atomic E-state index is 14.9. The van der Waals surface area contributed by atoms with Gasteiger partial charge in [-0.2, -0.15) is 0 Å². The van der Waals surface area contributed by atoms with Crippen molar-refractivity contribution in [3.05, 3.63) is 17.4 Å². The lowest BCUT2D eigenvalue weighted by Gasteiger charge is -2.37. The maximum Gasteiger partial charge on any atom is 0.267 e. The van der Waals surface area contributed by atoms with Gasteiger partial charge < -0.3 is 24.4 Å². The molecule has 0 radical (unpaired) electrons. The third-order valence-electron chi connectivity index (χ3n) is 4.45. The fourth-order valence-electron chi connectivity index (χ4n) is 3.39. The molecule has 0 aromatic heterocycles. The van der Waals surface area contributed by atoms with Gasteiger partial charge in [-0.05, 0) is 6.07 Å². The minimum absolute atomic E-state index is 0.0627. The molecule has 2 aliphatic rings. The van der Waals surface area contributed by atoms with Crippen molar-refractivity contribution in [3.8, 4) is 11.5 Å². The van der Waals surface area contributed by atoms with Crippen molar-refractivity contribution in [1.82, 2.24) is 5.32 Å². The van der Waals surface area contributed by atoms with Crippen LogP contribution in [0.2, 0.25) is 0 Å². The van der Waals surface area contributed by atoms with Gasteiger partial charge in [0.25, 0.3) is 6.43 Å². The second kappa shape index (κ2) is 7.06. The summed E-state index contributed by atoms with van der Waals surface area (Å²) in [6.07, 6.45) is -2.66. The van der Waals surface area contributed by atoms with Crippen LogP contribution in [0.5, 0.6) is 11.5 Å². The largest absolute Gasteiger partial charge is 0.494 e. The molecule has 1 saturated heterocycles. The van der Waals surface area contributed by atoms with Crippen LogP contribution in [0.3, 0.4) is 0 Å². The number of hydrogen-bond acceptors (Lipinski definition) is 5. The van der Waals surface area contributed by atoms with E-state index in [9.17, 15) is 13.2 Å². The van der Waals surface area contributed by atoms with Crippen LogP contribution in [-0.2, 0) is 4.74 Å². The standard InChI is InChI=1S/C16H21F3N2O3/c1-22-8-10-5-9-7-20-3-4-21(9)14-13(17)12(23-2)6-11(16(18)19)15(14)24-10/h6,9-10,16,20H,3-5,7-8H2,1-2H3/t9-,10+/m1/s1. The second-order valence-electron chi connectivity index (χ2n) is 5.94. The van der Waals surface area contributed by atoms with E-state index in [0.717, 1.165) is 6.07 Å². The second-order valence-corrected chi connectivity index (χ2v) is 5.94. The number of fused-ring (bicyclic) bond motifs is 3. The highest BCUT2D eigenvalue weighted by Crippen LogP contribution is 2.47. The quantitative estimate of drug-likeness (QED) is 0.907. The van der Waals surface area contributed by atoms with Gasteiger partial charge >= 0.3 is 0 Å². The molecule has 2 heterocycles. The van der Waals surface area contributed by atoms with Crippen molar-refractivity contribution >= 4 is 5.69 Å². The predicted molar refractivity (Wildman–Crippen MR) is 82.8 cm³/mol. The first kappa shape index (κ1) is 17.2. The van der Waals surface area contributed by atoms with Crippen molar-refractivity contribution in [2.75, 3.05) is 45.4 Å². The van der Waals surface area contributed by atoms with Crippen LogP contribution in [0.4, 0.5) is 18.9 Å². The number of benzene rings is 1. The number of rotatable bonds is 4. The van der Waals surface area contributed by atoms with Gasteiger partial charge in [0.2, 0.25) is 0 Å². The average Bonchev–Trinajstić information content (AvgIpc) is 2.72. The molecule has 0 bridgehead atoms. The van der Waals surface area contributed by atoms with E-state index in [1.807, 2.05) is 4.90 Å². The highest BCUT2D eigenvalue weighted by Gasteiger charge is 2.38. The van der Waals surface area contributed by atoms with Crippen LogP contribution in [0.15, 0.2) is 6.07 Å². The highest BCUT2D eigenvalue weighted by molar-refractivity contribution is 5.68. The van der Waals surface area contributed by atoms with Crippen molar-refractivity contribution < 1.29 is 27.4 Å². The minimum atomic E-state index is -2.80. The number of halogens is 3. The molecule has 0 unspecified atom stereocenters. The lowest BCUT2D eigenvalue weighted by Crippen LogP contribution is -2.52. The third kappa shape index (κ3) is 3.00. The lowest BCUT2D eigenvalue weighted by molar-refractivity contribution is 0.0695. The van der Waals surface area contributed by atoms with E-state index in [4.69, 9.17) is 14.2 Å². The van der Waals surface area contributed by atoms with Crippen LogP contribution < -0.4 is 19.7 Å².